The lowest BCUT2D eigenvalue weighted by Crippen LogP contribution is -2.10. The van der Waals surface area contributed by atoms with Gasteiger partial charge in [-0.1, -0.05) is 39.1 Å². The summed E-state index contributed by atoms with van der Waals surface area (Å²) in [5.74, 6) is 0.145. The summed E-state index contributed by atoms with van der Waals surface area (Å²) in [4.78, 5) is 0. The van der Waals surface area contributed by atoms with Gasteiger partial charge in [-0.05, 0) is 18.6 Å². The maximum atomic E-state index is 10.9. The summed E-state index contributed by atoms with van der Waals surface area (Å²) in [5, 5.41) is 4.04. The van der Waals surface area contributed by atoms with Crippen LogP contribution in [0.15, 0.2) is 16.6 Å². The summed E-state index contributed by atoms with van der Waals surface area (Å²) in [6.45, 7) is 0.508. The van der Waals surface area contributed by atoms with Gasteiger partial charge in [0.25, 0.3) is 0 Å². The Morgan fingerprint density at radius 3 is 2.29 bits per heavy atom. The highest BCUT2D eigenvalue weighted by atomic mass is 79.9. The molecule has 1 rings (SSSR count). The summed E-state index contributed by atoms with van der Waals surface area (Å²) in [6, 6.07) is 3.46. The van der Waals surface area contributed by atoms with Gasteiger partial charge in [0.1, 0.15) is 9.84 Å². The summed E-state index contributed by atoms with van der Waals surface area (Å²) in [6.07, 6.45) is 1.73. The molecule has 0 aliphatic carbocycles. The molecule has 3 nitrogen and oxygen atoms in total. The smallest absolute Gasteiger partial charge is 0.147 e. The van der Waals surface area contributed by atoms with Crippen molar-refractivity contribution in [2.45, 2.75) is 6.42 Å². The fourth-order valence-electron chi connectivity index (χ4n) is 1.26. The molecule has 7 heteroatoms. The second-order valence-corrected chi connectivity index (χ2v) is 7.64. The number of halogens is 3. The minimum absolute atomic E-state index is 0.145. The van der Waals surface area contributed by atoms with Gasteiger partial charge in [-0.25, -0.2) is 8.42 Å². The number of sulfone groups is 1. The first-order valence-corrected chi connectivity index (χ1v) is 8.46. The lowest BCUT2D eigenvalue weighted by atomic mass is 10.3. The molecule has 0 fully saturated rings. The van der Waals surface area contributed by atoms with Gasteiger partial charge < -0.3 is 5.32 Å². The van der Waals surface area contributed by atoms with Crippen LogP contribution in [-0.4, -0.2) is 27.0 Å². The Kier molecular flexibility index (Phi) is 5.57. The van der Waals surface area contributed by atoms with Gasteiger partial charge in [0, 0.05) is 17.3 Å². The maximum absolute atomic E-state index is 10.9. The highest BCUT2D eigenvalue weighted by Crippen LogP contribution is 2.33. The van der Waals surface area contributed by atoms with Crippen molar-refractivity contribution >= 4 is 54.7 Å². The van der Waals surface area contributed by atoms with E-state index >= 15 is 0 Å². The van der Waals surface area contributed by atoms with Crippen molar-refractivity contribution < 1.29 is 8.42 Å². The van der Waals surface area contributed by atoms with E-state index in [-0.39, 0.29) is 5.75 Å². The molecule has 0 amide bonds. The summed E-state index contributed by atoms with van der Waals surface area (Å²) in [7, 11) is -2.92. The Bertz CT molecular complexity index is 482. The topological polar surface area (TPSA) is 46.2 Å². The zero-order chi connectivity index (χ0) is 13.1. The molecule has 1 aromatic carbocycles. The standard InChI is InChI=1S/C10H12BrCl2NO2S/c1-17(15,16)4-2-3-14-10-8(12)5-7(11)6-9(10)13/h5-6,14H,2-4H2,1H3. The molecule has 0 spiro atoms. The molecule has 0 heterocycles. The van der Waals surface area contributed by atoms with E-state index in [1.54, 1.807) is 12.1 Å². The normalized spacial score (nSPS) is 11.5. The zero-order valence-corrected chi connectivity index (χ0v) is 13.0. The van der Waals surface area contributed by atoms with Gasteiger partial charge >= 0.3 is 0 Å². The maximum Gasteiger partial charge on any atom is 0.147 e. The minimum atomic E-state index is -2.92. The van der Waals surface area contributed by atoms with Crippen LogP contribution in [0.1, 0.15) is 6.42 Å². The first-order valence-electron chi connectivity index (χ1n) is 4.86. The van der Waals surface area contributed by atoms with Gasteiger partial charge in [0.2, 0.25) is 0 Å². The zero-order valence-electron chi connectivity index (χ0n) is 9.13. The number of hydrogen-bond acceptors (Lipinski definition) is 3. The first kappa shape index (κ1) is 15.1. The van der Waals surface area contributed by atoms with Crippen molar-refractivity contribution in [1.82, 2.24) is 0 Å². The number of benzene rings is 1. The van der Waals surface area contributed by atoms with Crippen molar-refractivity contribution in [2.75, 3.05) is 23.9 Å². The highest BCUT2D eigenvalue weighted by Gasteiger charge is 2.07. The van der Waals surface area contributed by atoms with E-state index in [0.29, 0.717) is 28.7 Å². The van der Waals surface area contributed by atoms with Gasteiger partial charge in [-0.3, -0.25) is 0 Å². The molecule has 0 unspecified atom stereocenters. The van der Waals surface area contributed by atoms with Crippen LogP contribution in [-0.2, 0) is 9.84 Å². The van der Waals surface area contributed by atoms with E-state index in [4.69, 9.17) is 23.2 Å². The molecule has 0 aliphatic rings. The SMILES string of the molecule is CS(=O)(=O)CCCNc1c(Cl)cc(Br)cc1Cl. The molecule has 0 aliphatic heterocycles. The lowest BCUT2D eigenvalue weighted by Gasteiger charge is -2.10. The third-order valence-corrected chi connectivity index (χ3v) is 4.08. The third kappa shape index (κ3) is 5.46. The van der Waals surface area contributed by atoms with Crippen LogP contribution in [0.3, 0.4) is 0 Å². The largest absolute Gasteiger partial charge is 0.383 e. The number of nitrogens with one attached hydrogen (secondary N) is 1. The molecular weight excluding hydrogens is 349 g/mol. The highest BCUT2D eigenvalue weighted by molar-refractivity contribution is 9.10. The fraction of sp³-hybridized carbons (Fsp3) is 0.400. The predicted octanol–water partition coefficient (Wildman–Crippen LogP) is 3.60. The van der Waals surface area contributed by atoms with Crippen molar-refractivity contribution in [1.29, 1.82) is 0 Å². The molecule has 0 saturated heterocycles. The molecule has 17 heavy (non-hydrogen) atoms. The Balaban J connectivity index is 2.58. The van der Waals surface area contributed by atoms with Crippen molar-refractivity contribution in [3.8, 4) is 0 Å². The monoisotopic (exact) mass is 359 g/mol. The fourth-order valence-corrected chi connectivity index (χ4v) is 3.27. The average molecular weight is 361 g/mol. The van der Waals surface area contributed by atoms with Crippen molar-refractivity contribution in [3.05, 3.63) is 26.7 Å². The lowest BCUT2D eigenvalue weighted by molar-refractivity contribution is 0.600. The molecule has 1 N–H and O–H groups in total. The van der Waals surface area contributed by atoms with E-state index in [9.17, 15) is 8.42 Å². The molecule has 96 valence electrons. The average Bonchev–Trinajstić information content (AvgIpc) is 2.13. The summed E-state index contributed by atoms with van der Waals surface area (Å²) in [5.41, 5.74) is 0.630. The third-order valence-electron chi connectivity index (χ3n) is 2.00. The Morgan fingerprint density at radius 1 is 1.29 bits per heavy atom. The molecule has 0 radical (unpaired) electrons. The van der Waals surface area contributed by atoms with E-state index in [1.807, 2.05) is 0 Å². The van der Waals surface area contributed by atoms with Gasteiger partial charge in [-0.2, -0.15) is 0 Å². The van der Waals surface area contributed by atoms with Crippen LogP contribution in [0.25, 0.3) is 0 Å². The molecule has 0 bridgehead atoms. The van der Waals surface area contributed by atoms with Crippen LogP contribution in [0.2, 0.25) is 10.0 Å². The van der Waals surface area contributed by atoms with Gasteiger partial charge in [0.15, 0.2) is 0 Å². The van der Waals surface area contributed by atoms with Crippen LogP contribution < -0.4 is 5.32 Å². The summed E-state index contributed by atoms with van der Waals surface area (Å²) < 4.78 is 22.7. The molecule has 0 atom stereocenters. The number of rotatable bonds is 5. The van der Waals surface area contributed by atoms with Crippen LogP contribution >= 0.6 is 39.1 Å². The summed E-state index contributed by atoms with van der Waals surface area (Å²) >= 11 is 15.3. The second-order valence-electron chi connectivity index (χ2n) is 3.65. The Labute approximate surface area is 120 Å². The molecule has 0 aromatic heterocycles. The van der Waals surface area contributed by atoms with Crippen LogP contribution in [0, 0.1) is 0 Å². The van der Waals surface area contributed by atoms with E-state index in [0.717, 1.165) is 4.47 Å². The molecular formula is C10H12BrCl2NO2S. The van der Waals surface area contributed by atoms with Crippen molar-refractivity contribution in [3.63, 3.8) is 0 Å². The Morgan fingerprint density at radius 2 is 1.82 bits per heavy atom. The minimum Gasteiger partial charge on any atom is -0.383 e. The van der Waals surface area contributed by atoms with Gasteiger partial charge in [0.05, 0.1) is 21.5 Å². The predicted molar refractivity (Wildman–Crippen MR) is 77.0 cm³/mol. The van der Waals surface area contributed by atoms with Gasteiger partial charge in [-0.15, -0.1) is 0 Å². The second kappa shape index (κ2) is 6.27. The van der Waals surface area contributed by atoms with E-state index in [2.05, 4.69) is 21.2 Å². The first-order chi connectivity index (χ1) is 7.79. The van der Waals surface area contributed by atoms with Crippen LogP contribution in [0.5, 0.6) is 0 Å². The van der Waals surface area contributed by atoms with Crippen LogP contribution in [0.4, 0.5) is 5.69 Å². The number of anilines is 1. The quantitative estimate of drug-likeness (QED) is 0.816. The molecule has 1 aromatic rings. The van der Waals surface area contributed by atoms with Crippen molar-refractivity contribution in [2.24, 2.45) is 0 Å². The van der Waals surface area contributed by atoms with E-state index in [1.165, 1.54) is 6.26 Å². The van der Waals surface area contributed by atoms with E-state index < -0.39 is 9.84 Å². The Hall–Kier alpha value is 0.0300. The number of hydrogen-bond donors (Lipinski definition) is 1. The molecule has 0 saturated carbocycles.